The lowest BCUT2D eigenvalue weighted by molar-refractivity contribution is -0.139. The highest BCUT2D eigenvalue weighted by molar-refractivity contribution is 5.67. The average molecular weight is 203 g/mol. The van der Waals surface area contributed by atoms with Gasteiger partial charge >= 0.3 is 5.97 Å². The molecule has 0 spiro atoms. The van der Waals surface area contributed by atoms with E-state index in [2.05, 4.69) is 12.2 Å². The molecule has 0 aromatic heterocycles. The molecule has 3 N–H and O–H groups in total. The highest BCUT2D eigenvalue weighted by Gasteiger charge is 2.10. The van der Waals surface area contributed by atoms with E-state index in [1.807, 2.05) is 6.92 Å². The Morgan fingerprint density at radius 3 is 2.64 bits per heavy atom. The average Bonchev–Trinajstić information content (AvgIpc) is 2.10. The fourth-order valence-electron chi connectivity index (χ4n) is 1.22. The summed E-state index contributed by atoms with van der Waals surface area (Å²) in [5.74, 6) is -0.958. The van der Waals surface area contributed by atoms with Gasteiger partial charge in [0.05, 0.1) is 12.5 Å². The Labute approximate surface area is 85.3 Å². The molecule has 0 fully saturated rings. The minimum Gasteiger partial charge on any atom is -0.481 e. The Balaban J connectivity index is 3.45. The molecule has 0 saturated carbocycles. The van der Waals surface area contributed by atoms with Crippen LogP contribution in [-0.4, -0.2) is 34.9 Å². The van der Waals surface area contributed by atoms with E-state index in [9.17, 15) is 9.90 Å². The monoisotopic (exact) mass is 203 g/mol. The van der Waals surface area contributed by atoms with E-state index in [1.165, 1.54) is 0 Å². The highest BCUT2D eigenvalue weighted by Crippen LogP contribution is 2.00. The van der Waals surface area contributed by atoms with Crippen LogP contribution in [0.3, 0.4) is 0 Å². The third-order valence-electron chi connectivity index (χ3n) is 2.10. The van der Waals surface area contributed by atoms with Crippen LogP contribution in [0.1, 0.15) is 39.5 Å². The zero-order valence-electron chi connectivity index (χ0n) is 8.99. The number of carboxylic acid groups (broad SMARTS) is 1. The van der Waals surface area contributed by atoms with Crippen LogP contribution in [-0.2, 0) is 4.79 Å². The molecule has 0 heterocycles. The number of rotatable bonds is 8. The van der Waals surface area contributed by atoms with Crippen LogP contribution in [0.25, 0.3) is 0 Å². The number of carboxylic acids is 1. The molecular weight excluding hydrogens is 182 g/mol. The van der Waals surface area contributed by atoms with Gasteiger partial charge in [0.2, 0.25) is 0 Å². The molecule has 0 radical (unpaired) electrons. The summed E-state index contributed by atoms with van der Waals surface area (Å²) < 4.78 is 0. The molecule has 0 rings (SSSR count). The second kappa shape index (κ2) is 7.76. The van der Waals surface area contributed by atoms with Crippen molar-refractivity contribution in [2.24, 2.45) is 0 Å². The van der Waals surface area contributed by atoms with Crippen LogP contribution in [0.15, 0.2) is 0 Å². The minimum atomic E-state index is -0.958. The summed E-state index contributed by atoms with van der Waals surface area (Å²) in [6.07, 6.45) is 2.41. The maximum absolute atomic E-state index is 10.2. The summed E-state index contributed by atoms with van der Waals surface area (Å²) in [5, 5.41) is 20.8. The number of aliphatic hydroxyl groups excluding tert-OH is 1. The van der Waals surface area contributed by atoms with Crippen molar-refractivity contribution < 1.29 is 15.0 Å². The predicted octanol–water partition coefficient (Wildman–Crippen LogP) is 0.990. The first-order valence-corrected chi connectivity index (χ1v) is 5.19. The fraction of sp³-hybridized carbons (Fsp3) is 0.900. The summed E-state index contributed by atoms with van der Waals surface area (Å²) in [4.78, 5) is 10.2. The lowest BCUT2D eigenvalue weighted by Crippen LogP contribution is -2.34. The van der Waals surface area contributed by atoms with Crippen LogP contribution >= 0.6 is 0 Å². The molecule has 14 heavy (non-hydrogen) atoms. The second-order valence-corrected chi connectivity index (χ2v) is 3.70. The van der Waals surface area contributed by atoms with Crippen molar-refractivity contribution in [1.29, 1.82) is 0 Å². The van der Waals surface area contributed by atoms with Crippen molar-refractivity contribution >= 4 is 5.97 Å². The molecule has 0 aliphatic carbocycles. The predicted molar refractivity (Wildman–Crippen MR) is 55.2 cm³/mol. The zero-order chi connectivity index (χ0) is 11.0. The summed E-state index contributed by atoms with van der Waals surface area (Å²) in [6, 6.07) is 0.346. The standard InChI is InChI=1S/C10H21NO3/c1-3-4-5-8(2)11-7-9(12)6-10(13)14/h8-9,11-12H,3-7H2,1-2H3,(H,13,14). The SMILES string of the molecule is CCCCC(C)NCC(O)CC(=O)O. The lowest BCUT2D eigenvalue weighted by Gasteiger charge is -2.15. The van der Waals surface area contributed by atoms with Crippen molar-refractivity contribution in [3.63, 3.8) is 0 Å². The van der Waals surface area contributed by atoms with Crippen LogP contribution in [0.5, 0.6) is 0 Å². The normalized spacial score (nSPS) is 15.1. The molecule has 84 valence electrons. The highest BCUT2D eigenvalue weighted by atomic mass is 16.4. The van der Waals surface area contributed by atoms with Crippen LogP contribution in [0, 0.1) is 0 Å². The van der Waals surface area contributed by atoms with Crippen LogP contribution < -0.4 is 5.32 Å². The molecule has 4 heteroatoms. The van der Waals surface area contributed by atoms with Gasteiger partial charge < -0.3 is 15.5 Å². The molecule has 4 nitrogen and oxygen atoms in total. The van der Waals surface area contributed by atoms with Crippen LogP contribution in [0.4, 0.5) is 0 Å². The van der Waals surface area contributed by atoms with Crippen molar-refractivity contribution in [3.8, 4) is 0 Å². The molecule has 0 aliphatic heterocycles. The van der Waals surface area contributed by atoms with Gasteiger partial charge in [-0.3, -0.25) is 4.79 Å². The van der Waals surface area contributed by atoms with Gasteiger partial charge in [0.1, 0.15) is 0 Å². The smallest absolute Gasteiger partial charge is 0.306 e. The van der Waals surface area contributed by atoms with Crippen molar-refractivity contribution in [1.82, 2.24) is 5.32 Å². The van der Waals surface area contributed by atoms with Crippen molar-refractivity contribution in [2.45, 2.75) is 51.7 Å². The maximum atomic E-state index is 10.2. The van der Waals surface area contributed by atoms with Gasteiger partial charge in [-0.05, 0) is 13.3 Å². The zero-order valence-corrected chi connectivity index (χ0v) is 8.99. The second-order valence-electron chi connectivity index (χ2n) is 3.70. The van der Waals surface area contributed by atoms with Gasteiger partial charge in [-0.25, -0.2) is 0 Å². The third kappa shape index (κ3) is 8.01. The van der Waals surface area contributed by atoms with E-state index in [0.717, 1.165) is 19.3 Å². The lowest BCUT2D eigenvalue weighted by atomic mass is 10.1. The van der Waals surface area contributed by atoms with E-state index in [4.69, 9.17) is 5.11 Å². The van der Waals surface area contributed by atoms with Gasteiger partial charge in [0.15, 0.2) is 0 Å². The molecule has 2 unspecified atom stereocenters. The van der Waals surface area contributed by atoms with E-state index in [-0.39, 0.29) is 6.42 Å². The number of nitrogens with one attached hydrogen (secondary N) is 1. The first kappa shape index (κ1) is 13.4. The number of hydrogen-bond acceptors (Lipinski definition) is 3. The summed E-state index contributed by atoms with van der Waals surface area (Å²) in [7, 11) is 0. The van der Waals surface area contributed by atoms with E-state index in [0.29, 0.717) is 12.6 Å². The molecule has 0 aromatic carbocycles. The molecule has 0 aliphatic rings. The van der Waals surface area contributed by atoms with Crippen molar-refractivity contribution in [3.05, 3.63) is 0 Å². The molecular formula is C10H21NO3. The van der Waals surface area contributed by atoms with Gasteiger partial charge in [-0.2, -0.15) is 0 Å². The summed E-state index contributed by atoms with van der Waals surface area (Å²) >= 11 is 0. The van der Waals surface area contributed by atoms with E-state index >= 15 is 0 Å². The molecule has 0 aromatic rings. The molecule has 0 saturated heterocycles. The van der Waals surface area contributed by atoms with Crippen molar-refractivity contribution in [2.75, 3.05) is 6.54 Å². The number of aliphatic hydroxyl groups is 1. The van der Waals surface area contributed by atoms with E-state index in [1.54, 1.807) is 0 Å². The Kier molecular flexibility index (Phi) is 7.42. The van der Waals surface area contributed by atoms with E-state index < -0.39 is 12.1 Å². The topological polar surface area (TPSA) is 69.6 Å². The Morgan fingerprint density at radius 1 is 1.50 bits per heavy atom. The first-order chi connectivity index (χ1) is 6.56. The number of unbranched alkanes of at least 4 members (excludes halogenated alkanes) is 1. The van der Waals surface area contributed by atoms with Crippen LogP contribution in [0.2, 0.25) is 0 Å². The van der Waals surface area contributed by atoms with Gasteiger partial charge in [0, 0.05) is 12.6 Å². The quantitative estimate of drug-likeness (QED) is 0.550. The summed E-state index contributed by atoms with van der Waals surface area (Å²) in [5.41, 5.74) is 0. The fourth-order valence-corrected chi connectivity index (χ4v) is 1.22. The minimum absolute atomic E-state index is 0.187. The summed E-state index contributed by atoms with van der Waals surface area (Å²) in [6.45, 7) is 4.53. The molecule has 0 bridgehead atoms. The first-order valence-electron chi connectivity index (χ1n) is 5.19. The number of aliphatic carboxylic acids is 1. The maximum Gasteiger partial charge on any atom is 0.306 e. The Morgan fingerprint density at radius 2 is 2.14 bits per heavy atom. The number of hydrogen-bond donors (Lipinski definition) is 3. The molecule has 2 atom stereocenters. The van der Waals surface area contributed by atoms with Gasteiger partial charge in [0.25, 0.3) is 0 Å². The largest absolute Gasteiger partial charge is 0.481 e. The third-order valence-corrected chi connectivity index (χ3v) is 2.10. The van der Waals surface area contributed by atoms with Gasteiger partial charge in [-0.1, -0.05) is 19.8 Å². The Bertz CT molecular complexity index is 161. The Hall–Kier alpha value is -0.610. The van der Waals surface area contributed by atoms with Gasteiger partial charge in [-0.15, -0.1) is 0 Å². The number of carbonyl (C=O) groups is 1. The molecule has 0 amide bonds.